The maximum atomic E-state index is 12.9. The lowest BCUT2D eigenvalue weighted by atomic mass is 10.0. The fraction of sp³-hybridized carbons (Fsp3) is 0.143. The molecule has 3 aromatic rings. The SMILES string of the molecule is CCn1nc(-c2ccccc2)c(C(C)=O)c(Nc2ccc(C(=O)O)cc2)c1=O. The van der Waals surface area contributed by atoms with E-state index in [9.17, 15) is 14.4 Å². The van der Waals surface area contributed by atoms with Crippen molar-refractivity contribution in [2.75, 3.05) is 5.32 Å². The van der Waals surface area contributed by atoms with E-state index in [0.29, 0.717) is 17.9 Å². The van der Waals surface area contributed by atoms with Gasteiger partial charge in [0.25, 0.3) is 5.56 Å². The van der Waals surface area contributed by atoms with Crippen LogP contribution in [0.15, 0.2) is 59.4 Å². The molecule has 7 heteroatoms. The van der Waals surface area contributed by atoms with Crippen molar-refractivity contribution >= 4 is 23.1 Å². The first-order valence-corrected chi connectivity index (χ1v) is 8.74. The number of aromatic carboxylic acids is 1. The Morgan fingerprint density at radius 1 is 1.07 bits per heavy atom. The second kappa shape index (κ2) is 7.87. The molecule has 0 spiro atoms. The van der Waals surface area contributed by atoms with Crippen molar-refractivity contribution in [2.45, 2.75) is 20.4 Å². The molecule has 0 fully saturated rings. The van der Waals surface area contributed by atoms with Crippen LogP contribution < -0.4 is 10.9 Å². The molecule has 0 bridgehead atoms. The molecule has 0 unspecified atom stereocenters. The van der Waals surface area contributed by atoms with Crippen LogP contribution in [0.1, 0.15) is 34.6 Å². The van der Waals surface area contributed by atoms with Crippen LogP contribution in [0.3, 0.4) is 0 Å². The molecule has 0 aliphatic rings. The molecule has 0 atom stereocenters. The van der Waals surface area contributed by atoms with Gasteiger partial charge in [-0.1, -0.05) is 30.3 Å². The number of benzene rings is 2. The van der Waals surface area contributed by atoms with Crippen LogP contribution in [0.25, 0.3) is 11.3 Å². The number of Topliss-reactive ketones (excluding diaryl/α,β-unsaturated/α-hetero) is 1. The standard InChI is InChI=1S/C21H19N3O4/c1-3-24-20(26)19(22-16-11-9-15(10-12-16)21(27)28)17(13(2)25)18(23-24)14-7-5-4-6-8-14/h4-12,22H,3H2,1-2H3,(H,27,28). The lowest BCUT2D eigenvalue weighted by molar-refractivity contribution is 0.0696. The molecule has 28 heavy (non-hydrogen) atoms. The second-order valence-electron chi connectivity index (χ2n) is 6.15. The highest BCUT2D eigenvalue weighted by atomic mass is 16.4. The van der Waals surface area contributed by atoms with Gasteiger partial charge in [-0.25, -0.2) is 9.48 Å². The molecule has 0 aliphatic heterocycles. The third-order valence-electron chi connectivity index (χ3n) is 4.26. The van der Waals surface area contributed by atoms with Gasteiger partial charge in [0.2, 0.25) is 0 Å². The number of carboxylic acids is 1. The first-order chi connectivity index (χ1) is 13.4. The third-order valence-corrected chi connectivity index (χ3v) is 4.26. The topological polar surface area (TPSA) is 101 Å². The molecule has 3 rings (SSSR count). The summed E-state index contributed by atoms with van der Waals surface area (Å²) in [6, 6.07) is 15.1. The Kier molecular flexibility index (Phi) is 5.35. The summed E-state index contributed by atoms with van der Waals surface area (Å²) in [6.07, 6.45) is 0. The molecule has 0 amide bonds. The number of carbonyl (C=O) groups excluding carboxylic acids is 1. The predicted molar refractivity (Wildman–Crippen MR) is 106 cm³/mol. The van der Waals surface area contributed by atoms with Crippen molar-refractivity contribution in [3.05, 3.63) is 76.1 Å². The minimum Gasteiger partial charge on any atom is -0.478 e. The Hall–Kier alpha value is -3.74. The zero-order valence-electron chi connectivity index (χ0n) is 15.5. The van der Waals surface area contributed by atoms with E-state index in [2.05, 4.69) is 10.4 Å². The lowest BCUT2D eigenvalue weighted by Crippen LogP contribution is -2.28. The number of hydrogen-bond donors (Lipinski definition) is 2. The minimum atomic E-state index is -1.04. The fourth-order valence-corrected chi connectivity index (χ4v) is 2.88. The molecular weight excluding hydrogens is 358 g/mol. The molecule has 0 aliphatic carbocycles. The summed E-state index contributed by atoms with van der Waals surface area (Å²) >= 11 is 0. The molecule has 1 heterocycles. The van der Waals surface area contributed by atoms with Crippen LogP contribution in [0.5, 0.6) is 0 Å². The number of hydrogen-bond acceptors (Lipinski definition) is 5. The van der Waals surface area contributed by atoms with Crippen LogP contribution in [-0.4, -0.2) is 26.6 Å². The number of rotatable bonds is 6. The number of carboxylic acid groups (broad SMARTS) is 1. The Morgan fingerprint density at radius 2 is 1.71 bits per heavy atom. The highest BCUT2D eigenvalue weighted by Crippen LogP contribution is 2.27. The minimum absolute atomic E-state index is 0.117. The summed E-state index contributed by atoms with van der Waals surface area (Å²) in [6.45, 7) is 3.52. The van der Waals surface area contributed by atoms with Crippen molar-refractivity contribution in [3.8, 4) is 11.3 Å². The number of aromatic nitrogens is 2. The quantitative estimate of drug-likeness (QED) is 0.637. The van der Waals surface area contributed by atoms with E-state index in [4.69, 9.17) is 5.11 Å². The van der Waals surface area contributed by atoms with Gasteiger partial charge in [-0.15, -0.1) is 0 Å². The van der Waals surface area contributed by atoms with Crippen LogP contribution in [-0.2, 0) is 6.54 Å². The van der Waals surface area contributed by atoms with Crippen LogP contribution in [0, 0.1) is 0 Å². The first kappa shape index (κ1) is 19.0. The summed E-state index contributed by atoms with van der Waals surface area (Å²) in [5.74, 6) is -1.34. The monoisotopic (exact) mass is 377 g/mol. The highest BCUT2D eigenvalue weighted by molar-refractivity contribution is 6.05. The summed E-state index contributed by atoms with van der Waals surface area (Å²) in [4.78, 5) is 36.3. The number of aryl methyl sites for hydroxylation is 1. The zero-order valence-corrected chi connectivity index (χ0v) is 15.5. The number of carbonyl (C=O) groups is 2. The van der Waals surface area contributed by atoms with Crippen molar-refractivity contribution in [3.63, 3.8) is 0 Å². The van der Waals surface area contributed by atoms with Gasteiger partial charge < -0.3 is 10.4 Å². The zero-order chi connectivity index (χ0) is 20.3. The van der Waals surface area contributed by atoms with Gasteiger partial charge in [-0.3, -0.25) is 9.59 Å². The lowest BCUT2D eigenvalue weighted by Gasteiger charge is -2.16. The van der Waals surface area contributed by atoms with Gasteiger partial charge in [-0.05, 0) is 38.1 Å². The highest BCUT2D eigenvalue weighted by Gasteiger charge is 2.22. The number of nitrogens with one attached hydrogen (secondary N) is 1. The largest absolute Gasteiger partial charge is 0.478 e. The van der Waals surface area contributed by atoms with Crippen molar-refractivity contribution in [2.24, 2.45) is 0 Å². The Balaban J connectivity index is 2.19. The molecule has 2 aromatic carbocycles. The van der Waals surface area contributed by atoms with Crippen LogP contribution >= 0.6 is 0 Å². The molecule has 0 saturated carbocycles. The van der Waals surface area contributed by atoms with E-state index in [-0.39, 0.29) is 22.6 Å². The van der Waals surface area contributed by atoms with Crippen LogP contribution in [0.2, 0.25) is 0 Å². The molecule has 142 valence electrons. The van der Waals surface area contributed by atoms with E-state index >= 15 is 0 Å². The van der Waals surface area contributed by atoms with Crippen molar-refractivity contribution in [1.82, 2.24) is 9.78 Å². The van der Waals surface area contributed by atoms with E-state index in [1.807, 2.05) is 30.3 Å². The number of anilines is 2. The second-order valence-corrected chi connectivity index (χ2v) is 6.15. The molecular formula is C21H19N3O4. The molecule has 0 radical (unpaired) electrons. The molecule has 1 aromatic heterocycles. The van der Waals surface area contributed by atoms with Gasteiger partial charge in [0.1, 0.15) is 11.4 Å². The predicted octanol–water partition coefficient (Wildman–Crippen LogP) is 3.57. The smallest absolute Gasteiger partial charge is 0.335 e. The summed E-state index contributed by atoms with van der Waals surface area (Å²) in [5.41, 5.74) is 1.66. The number of ketones is 1. The van der Waals surface area contributed by atoms with E-state index in [0.717, 1.165) is 5.56 Å². The Labute approximate surface area is 161 Å². The van der Waals surface area contributed by atoms with E-state index < -0.39 is 11.5 Å². The fourth-order valence-electron chi connectivity index (χ4n) is 2.88. The normalized spacial score (nSPS) is 10.5. The van der Waals surface area contributed by atoms with Crippen LogP contribution in [0.4, 0.5) is 11.4 Å². The van der Waals surface area contributed by atoms with Gasteiger partial charge in [-0.2, -0.15) is 5.10 Å². The summed E-state index contributed by atoms with van der Waals surface area (Å²) in [7, 11) is 0. The van der Waals surface area contributed by atoms with Gasteiger partial charge in [0.05, 0.1) is 11.1 Å². The van der Waals surface area contributed by atoms with E-state index in [1.165, 1.54) is 23.7 Å². The third kappa shape index (κ3) is 3.68. The maximum absolute atomic E-state index is 12.9. The molecule has 2 N–H and O–H groups in total. The Bertz CT molecular complexity index is 1090. The van der Waals surface area contributed by atoms with Gasteiger partial charge in [0.15, 0.2) is 5.78 Å². The summed E-state index contributed by atoms with van der Waals surface area (Å²) < 4.78 is 1.29. The van der Waals surface area contributed by atoms with Crippen molar-refractivity contribution in [1.29, 1.82) is 0 Å². The van der Waals surface area contributed by atoms with Gasteiger partial charge >= 0.3 is 5.97 Å². The Morgan fingerprint density at radius 3 is 2.25 bits per heavy atom. The van der Waals surface area contributed by atoms with E-state index in [1.54, 1.807) is 19.1 Å². The average Bonchev–Trinajstić information content (AvgIpc) is 2.70. The average molecular weight is 377 g/mol. The first-order valence-electron chi connectivity index (χ1n) is 8.74. The molecule has 0 saturated heterocycles. The maximum Gasteiger partial charge on any atom is 0.335 e. The van der Waals surface area contributed by atoms with Gasteiger partial charge in [0, 0.05) is 17.8 Å². The summed E-state index contributed by atoms with van der Waals surface area (Å²) in [5, 5.41) is 16.4. The molecule has 7 nitrogen and oxygen atoms in total. The van der Waals surface area contributed by atoms with Crippen molar-refractivity contribution < 1.29 is 14.7 Å². The number of nitrogens with zero attached hydrogens (tertiary/aromatic N) is 2.